The van der Waals surface area contributed by atoms with E-state index in [0.29, 0.717) is 16.8 Å². The van der Waals surface area contributed by atoms with E-state index in [-0.39, 0.29) is 24.1 Å². The second-order valence-corrected chi connectivity index (χ2v) is 8.03. The standard InChI is InChI=1S/C19H23FN4O2S/c1-12(13-5-3-2-4-6-13)23-24-19-22-18(26)16(27-19)11-17(25)21-15-9-7-14(20)8-10-15/h7-10,13,16H,2-6,11H2,1H3,(H,21,25)(H,22,24,26)/b23-12+/t16-/m0/s1. The average Bonchev–Trinajstić information content (AvgIpc) is 3.01. The number of halogens is 1. The molecular weight excluding hydrogens is 367 g/mol. The minimum Gasteiger partial charge on any atom is -0.326 e. The lowest BCUT2D eigenvalue weighted by atomic mass is 9.86. The monoisotopic (exact) mass is 390 g/mol. The maximum absolute atomic E-state index is 12.9. The summed E-state index contributed by atoms with van der Waals surface area (Å²) in [5.41, 5.74) is 1.49. The number of anilines is 1. The molecule has 3 rings (SSSR count). The van der Waals surface area contributed by atoms with Crippen LogP contribution < -0.4 is 10.6 Å². The lowest BCUT2D eigenvalue weighted by Gasteiger charge is -2.20. The van der Waals surface area contributed by atoms with Crippen LogP contribution in [0.5, 0.6) is 0 Å². The van der Waals surface area contributed by atoms with E-state index in [1.54, 1.807) is 0 Å². The first-order valence-corrected chi connectivity index (χ1v) is 10.0. The van der Waals surface area contributed by atoms with Crippen molar-refractivity contribution in [1.29, 1.82) is 0 Å². The summed E-state index contributed by atoms with van der Waals surface area (Å²) in [5.74, 6) is -0.456. The molecule has 1 aliphatic heterocycles. The zero-order chi connectivity index (χ0) is 19.2. The highest BCUT2D eigenvalue weighted by atomic mass is 32.2. The van der Waals surface area contributed by atoms with Crippen LogP contribution in [0.2, 0.25) is 0 Å². The Balaban J connectivity index is 1.53. The van der Waals surface area contributed by atoms with Crippen molar-refractivity contribution in [3.05, 3.63) is 30.1 Å². The van der Waals surface area contributed by atoms with Crippen LogP contribution in [-0.2, 0) is 9.59 Å². The van der Waals surface area contributed by atoms with Gasteiger partial charge in [-0.1, -0.05) is 31.0 Å². The molecule has 2 fully saturated rings. The fraction of sp³-hybridized carbons (Fsp3) is 0.474. The van der Waals surface area contributed by atoms with E-state index in [2.05, 4.69) is 20.8 Å². The molecule has 2 N–H and O–H groups in total. The molecule has 144 valence electrons. The third-order valence-corrected chi connectivity index (χ3v) is 5.84. The van der Waals surface area contributed by atoms with Crippen molar-refractivity contribution in [2.45, 2.75) is 50.7 Å². The van der Waals surface area contributed by atoms with Gasteiger partial charge in [-0.15, -0.1) is 5.10 Å². The van der Waals surface area contributed by atoms with Gasteiger partial charge in [0.1, 0.15) is 11.1 Å². The Morgan fingerprint density at radius 3 is 2.67 bits per heavy atom. The summed E-state index contributed by atoms with van der Waals surface area (Å²) in [7, 11) is 0. The molecule has 0 aromatic heterocycles. The molecule has 1 aromatic carbocycles. The lowest BCUT2D eigenvalue weighted by Crippen LogP contribution is -2.28. The zero-order valence-corrected chi connectivity index (χ0v) is 16.0. The van der Waals surface area contributed by atoms with Crippen LogP contribution in [0.25, 0.3) is 0 Å². The first-order valence-electron chi connectivity index (χ1n) is 9.16. The number of rotatable bonds is 5. The summed E-state index contributed by atoms with van der Waals surface area (Å²) in [6.07, 6.45) is 6.04. The lowest BCUT2D eigenvalue weighted by molar-refractivity contribution is -0.122. The second kappa shape index (κ2) is 9.12. The summed E-state index contributed by atoms with van der Waals surface area (Å²) in [5, 5.41) is 13.7. The highest BCUT2D eigenvalue weighted by molar-refractivity contribution is 8.15. The fourth-order valence-electron chi connectivity index (χ4n) is 3.23. The summed E-state index contributed by atoms with van der Waals surface area (Å²) >= 11 is 1.21. The molecule has 0 unspecified atom stereocenters. The molecule has 1 aliphatic carbocycles. The van der Waals surface area contributed by atoms with Crippen LogP contribution in [0, 0.1) is 11.7 Å². The van der Waals surface area contributed by atoms with Crippen molar-refractivity contribution in [3.63, 3.8) is 0 Å². The quantitative estimate of drug-likeness (QED) is 0.594. The van der Waals surface area contributed by atoms with Crippen molar-refractivity contribution in [3.8, 4) is 0 Å². The van der Waals surface area contributed by atoms with Crippen LogP contribution in [0.15, 0.2) is 34.5 Å². The number of benzene rings is 1. The molecule has 8 heteroatoms. The number of carbonyl (C=O) groups is 2. The molecule has 27 heavy (non-hydrogen) atoms. The number of thioether (sulfide) groups is 1. The zero-order valence-electron chi connectivity index (χ0n) is 15.2. The van der Waals surface area contributed by atoms with Crippen LogP contribution in [0.3, 0.4) is 0 Å². The van der Waals surface area contributed by atoms with Gasteiger partial charge < -0.3 is 10.6 Å². The van der Waals surface area contributed by atoms with Crippen molar-refractivity contribution < 1.29 is 14.0 Å². The number of hydrogen-bond acceptors (Lipinski definition) is 5. The first kappa shape index (κ1) is 19.5. The van der Waals surface area contributed by atoms with E-state index < -0.39 is 5.25 Å². The minimum atomic E-state index is -0.547. The van der Waals surface area contributed by atoms with Crippen LogP contribution in [0.4, 0.5) is 10.1 Å². The Hall–Kier alpha value is -2.22. The molecule has 0 bridgehead atoms. The van der Waals surface area contributed by atoms with Gasteiger partial charge in [0.15, 0.2) is 5.17 Å². The number of amides is 2. The van der Waals surface area contributed by atoms with Gasteiger partial charge in [-0.25, -0.2) is 4.39 Å². The summed E-state index contributed by atoms with van der Waals surface area (Å²) < 4.78 is 12.9. The van der Waals surface area contributed by atoms with Gasteiger partial charge in [0.05, 0.1) is 0 Å². The van der Waals surface area contributed by atoms with E-state index in [4.69, 9.17) is 0 Å². The summed E-state index contributed by atoms with van der Waals surface area (Å²) in [4.78, 5) is 24.2. The largest absolute Gasteiger partial charge is 0.326 e. The van der Waals surface area contributed by atoms with Gasteiger partial charge in [0.2, 0.25) is 11.8 Å². The van der Waals surface area contributed by atoms with Gasteiger partial charge in [-0.2, -0.15) is 5.10 Å². The maximum Gasteiger partial charge on any atom is 0.240 e. The van der Waals surface area contributed by atoms with Crippen molar-refractivity contribution in [2.75, 3.05) is 5.32 Å². The van der Waals surface area contributed by atoms with E-state index in [0.717, 1.165) is 18.6 Å². The molecule has 1 aromatic rings. The Labute approximate surface area is 162 Å². The van der Waals surface area contributed by atoms with E-state index in [9.17, 15) is 14.0 Å². The third-order valence-electron chi connectivity index (χ3n) is 4.77. The molecule has 2 aliphatic rings. The smallest absolute Gasteiger partial charge is 0.240 e. The normalized spacial score (nSPS) is 22.7. The number of nitrogens with one attached hydrogen (secondary N) is 2. The van der Waals surface area contributed by atoms with Gasteiger partial charge in [0, 0.05) is 17.8 Å². The Bertz CT molecular complexity index is 757. The third kappa shape index (κ3) is 5.63. The Morgan fingerprint density at radius 2 is 1.96 bits per heavy atom. The molecule has 1 atom stereocenters. The van der Waals surface area contributed by atoms with Gasteiger partial charge in [-0.05, 0) is 49.9 Å². The van der Waals surface area contributed by atoms with Crippen LogP contribution in [-0.4, -0.2) is 27.9 Å². The molecule has 0 radical (unpaired) electrons. The van der Waals surface area contributed by atoms with Crippen molar-refractivity contribution >= 4 is 40.1 Å². The molecular formula is C19H23FN4O2S. The molecule has 1 saturated carbocycles. The molecule has 0 spiro atoms. The van der Waals surface area contributed by atoms with Gasteiger partial charge >= 0.3 is 0 Å². The Kier molecular flexibility index (Phi) is 6.60. The SMILES string of the molecule is C/C(=N\N=C1/NC(=O)[C@H](CC(=O)Nc2ccc(F)cc2)S1)C1CCCCC1. The van der Waals surface area contributed by atoms with Crippen molar-refractivity contribution in [2.24, 2.45) is 16.1 Å². The fourth-order valence-corrected chi connectivity index (χ4v) is 4.14. The minimum absolute atomic E-state index is 0.0121. The predicted molar refractivity (Wildman–Crippen MR) is 106 cm³/mol. The van der Waals surface area contributed by atoms with Crippen LogP contribution in [0.1, 0.15) is 45.4 Å². The highest BCUT2D eigenvalue weighted by Crippen LogP contribution is 2.26. The van der Waals surface area contributed by atoms with Crippen LogP contribution >= 0.6 is 11.8 Å². The van der Waals surface area contributed by atoms with Crippen molar-refractivity contribution in [1.82, 2.24) is 5.32 Å². The predicted octanol–water partition coefficient (Wildman–Crippen LogP) is 3.70. The van der Waals surface area contributed by atoms with E-state index in [1.807, 2.05) is 6.92 Å². The first-order chi connectivity index (χ1) is 13.0. The molecule has 1 saturated heterocycles. The van der Waals surface area contributed by atoms with Gasteiger partial charge in [-0.3, -0.25) is 9.59 Å². The summed E-state index contributed by atoms with van der Waals surface area (Å²) in [6.45, 7) is 1.98. The van der Waals surface area contributed by atoms with E-state index >= 15 is 0 Å². The molecule has 1 heterocycles. The molecule has 2 amide bonds. The van der Waals surface area contributed by atoms with Gasteiger partial charge in [0.25, 0.3) is 0 Å². The maximum atomic E-state index is 12.9. The van der Waals surface area contributed by atoms with E-state index in [1.165, 1.54) is 55.3 Å². The molecule has 6 nitrogen and oxygen atoms in total. The second-order valence-electron chi connectivity index (χ2n) is 6.84. The number of hydrogen-bond donors (Lipinski definition) is 2. The Morgan fingerprint density at radius 1 is 1.26 bits per heavy atom. The number of carbonyl (C=O) groups excluding carboxylic acids is 2. The number of amidine groups is 1. The topological polar surface area (TPSA) is 82.9 Å². The average molecular weight is 390 g/mol. The highest BCUT2D eigenvalue weighted by Gasteiger charge is 2.32. The summed E-state index contributed by atoms with van der Waals surface area (Å²) in [6, 6.07) is 5.49. The number of nitrogens with zero attached hydrogens (tertiary/aromatic N) is 2.